The van der Waals surface area contributed by atoms with Gasteiger partial charge in [0.2, 0.25) is 0 Å². The van der Waals surface area contributed by atoms with Gasteiger partial charge in [-0.2, -0.15) is 0 Å². The largest absolute Gasteiger partial charge is 0.364 e. The second-order valence-electron chi connectivity index (χ2n) is 5.58. The van der Waals surface area contributed by atoms with Crippen LogP contribution in [0.4, 0.5) is 0 Å². The lowest BCUT2D eigenvalue weighted by atomic mass is 10.0. The van der Waals surface area contributed by atoms with Crippen molar-refractivity contribution in [2.75, 3.05) is 7.11 Å². The standard InChI is InChI=1S/C17H13BrN4O3/c1-25-8-22-6-11(19-7-22)15-12(9-4-2-3-5-10(9)20-15)13-14(18)17(24)21-16(13)23/h2-7,20H,8H2,1H3,(H,21,23,24). The third-order valence-electron chi connectivity index (χ3n) is 4.00. The maximum Gasteiger partial charge on any atom is 0.265 e. The van der Waals surface area contributed by atoms with E-state index in [0.29, 0.717) is 29.3 Å². The number of benzene rings is 1. The molecule has 25 heavy (non-hydrogen) atoms. The molecule has 126 valence electrons. The Kier molecular flexibility index (Phi) is 3.78. The minimum Gasteiger partial charge on any atom is -0.364 e. The predicted molar refractivity (Wildman–Crippen MR) is 95.5 cm³/mol. The zero-order valence-corrected chi connectivity index (χ0v) is 14.8. The van der Waals surface area contributed by atoms with Crippen LogP contribution in [0.1, 0.15) is 5.56 Å². The molecule has 3 heterocycles. The molecular weight excluding hydrogens is 388 g/mol. The van der Waals surface area contributed by atoms with Gasteiger partial charge >= 0.3 is 0 Å². The van der Waals surface area contributed by atoms with Crippen LogP contribution in [0.25, 0.3) is 27.9 Å². The number of nitrogens with zero attached hydrogens (tertiary/aromatic N) is 2. The monoisotopic (exact) mass is 400 g/mol. The third kappa shape index (κ3) is 2.50. The lowest BCUT2D eigenvalue weighted by Gasteiger charge is -2.03. The molecule has 2 amide bonds. The first kappa shape index (κ1) is 15.8. The van der Waals surface area contributed by atoms with Gasteiger partial charge in [-0.3, -0.25) is 14.9 Å². The summed E-state index contributed by atoms with van der Waals surface area (Å²) in [5.74, 6) is -0.875. The van der Waals surface area contributed by atoms with E-state index in [9.17, 15) is 9.59 Å². The number of halogens is 1. The lowest BCUT2D eigenvalue weighted by molar-refractivity contribution is -0.123. The van der Waals surface area contributed by atoms with Crippen molar-refractivity contribution in [2.45, 2.75) is 6.73 Å². The van der Waals surface area contributed by atoms with E-state index < -0.39 is 11.8 Å². The summed E-state index contributed by atoms with van der Waals surface area (Å²) in [5, 5.41) is 3.16. The van der Waals surface area contributed by atoms with Crippen LogP contribution < -0.4 is 5.32 Å². The molecule has 1 aromatic carbocycles. The summed E-state index contributed by atoms with van der Waals surface area (Å²) in [7, 11) is 1.60. The number of hydrogen-bond acceptors (Lipinski definition) is 4. The van der Waals surface area contributed by atoms with Crippen LogP contribution in [0, 0.1) is 0 Å². The van der Waals surface area contributed by atoms with Crippen LogP contribution in [-0.2, 0) is 21.1 Å². The molecule has 0 saturated heterocycles. The number of H-pyrrole nitrogens is 1. The number of amides is 2. The van der Waals surface area contributed by atoms with E-state index in [-0.39, 0.29) is 4.48 Å². The highest BCUT2D eigenvalue weighted by Crippen LogP contribution is 2.39. The van der Waals surface area contributed by atoms with Gasteiger partial charge in [-0.15, -0.1) is 0 Å². The van der Waals surface area contributed by atoms with Crippen molar-refractivity contribution in [3.8, 4) is 11.4 Å². The molecule has 7 nitrogen and oxygen atoms in total. The molecule has 3 aromatic rings. The van der Waals surface area contributed by atoms with Crippen molar-refractivity contribution in [3.63, 3.8) is 0 Å². The highest BCUT2D eigenvalue weighted by Gasteiger charge is 2.33. The van der Waals surface area contributed by atoms with E-state index in [1.54, 1.807) is 18.0 Å². The van der Waals surface area contributed by atoms with Gasteiger partial charge in [0.25, 0.3) is 11.8 Å². The molecule has 0 spiro atoms. The Hall–Kier alpha value is -2.71. The van der Waals surface area contributed by atoms with Crippen molar-refractivity contribution in [2.24, 2.45) is 0 Å². The molecule has 2 aromatic heterocycles. The number of carbonyl (C=O) groups is 2. The number of methoxy groups -OCH3 is 1. The summed E-state index contributed by atoms with van der Waals surface area (Å²) >= 11 is 3.24. The van der Waals surface area contributed by atoms with Crippen molar-refractivity contribution < 1.29 is 14.3 Å². The van der Waals surface area contributed by atoms with Crippen LogP contribution in [0.2, 0.25) is 0 Å². The fraction of sp³-hybridized carbons (Fsp3) is 0.118. The maximum absolute atomic E-state index is 12.3. The van der Waals surface area contributed by atoms with E-state index in [2.05, 4.69) is 31.2 Å². The zero-order chi connectivity index (χ0) is 17.6. The molecule has 0 unspecified atom stereocenters. The van der Waals surface area contributed by atoms with Gasteiger partial charge in [0.05, 0.1) is 22.1 Å². The van der Waals surface area contributed by atoms with Crippen LogP contribution in [0.3, 0.4) is 0 Å². The van der Waals surface area contributed by atoms with Crippen molar-refractivity contribution >= 4 is 44.2 Å². The van der Waals surface area contributed by atoms with Gasteiger partial charge in [-0.25, -0.2) is 4.98 Å². The van der Waals surface area contributed by atoms with Crippen LogP contribution in [0.15, 0.2) is 41.3 Å². The SMILES string of the molecule is COCn1cnc(-c2[nH]c3ccccc3c2C2=C(Br)C(=O)NC2=O)c1. The quantitative estimate of drug-likeness (QED) is 0.658. The molecule has 1 aliphatic heterocycles. The molecule has 8 heteroatoms. The van der Waals surface area contributed by atoms with Gasteiger partial charge < -0.3 is 14.3 Å². The summed E-state index contributed by atoms with van der Waals surface area (Å²) in [6, 6.07) is 7.60. The molecule has 0 bridgehead atoms. The Morgan fingerprint density at radius 3 is 2.76 bits per heavy atom. The molecule has 0 aliphatic carbocycles. The third-order valence-corrected chi connectivity index (χ3v) is 4.75. The smallest absolute Gasteiger partial charge is 0.265 e. The van der Waals surface area contributed by atoms with Gasteiger partial charge in [-0.05, 0) is 22.0 Å². The van der Waals surface area contributed by atoms with Crippen LogP contribution in [0.5, 0.6) is 0 Å². The second kappa shape index (κ2) is 5.98. The van der Waals surface area contributed by atoms with Crippen molar-refractivity contribution in [1.29, 1.82) is 0 Å². The number of fused-ring (bicyclic) bond motifs is 1. The lowest BCUT2D eigenvalue weighted by Crippen LogP contribution is -2.22. The van der Waals surface area contributed by atoms with Crippen molar-refractivity contribution in [3.05, 3.63) is 46.8 Å². The Morgan fingerprint density at radius 1 is 1.24 bits per heavy atom. The van der Waals surface area contributed by atoms with E-state index in [0.717, 1.165) is 10.9 Å². The van der Waals surface area contributed by atoms with Crippen LogP contribution >= 0.6 is 15.9 Å². The molecule has 1 aliphatic rings. The minimum atomic E-state index is -0.443. The highest BCUT2D eigenvalue weighted by molar-refractivity contribution is 9.12. The van der Waals surface area contributed by atoms with Gasteiger partial charge in [0, 0.05) is 29.8 Å². The summed E-state index contributed by atoms with van der Waals surface area (Å²) in [6.07, 6.45) is 3.47. The molecule has 0 saturated carbocycles. The number of carbonyl (C=O) groups excluding carboxylic acids is 2. The molecule has 2 N–H and O–H groups in total. The Labute approximate surface area is 150 Å². The van der Waals surface area contributed by atoms with Gasteiger partial charge in [-0.1, -0.05) is 18.2 Å². The van der Waals surface area contributed by atoms with E-state index in [1.807, 2.05) is 30.5 Å². The first-order chi connectivity index (χ1) is 12.1. The van der Waals surface area contributed by atoms with Gasteiger partial charge in [0.15, 0.2) is 0 Å². The number of ether oxygens (including phenoxy) is 1. The average Bonchev–Trinajstić information content (AvgIpc) is 3.26. The number of imide groups is 1. The van der Waals surface area contributed by atoms with Crippen LogP contribution in [-0.4, -0.2) is 33.5 Å². The Bertz CT molecular complexity index is 1050. The Morgan fingerprint density at radius 2 is 2.04 bits per heavy atom. The zero-order valence-electron chi connectivity index (χ0n) is 13.2. The fourth-order valence-electron chi connectivity index (χ4n) is 2.96. The molecule has 0 radical (unpaired) electrons. The number of hydrogen-bond donors (Lipinski definition) is 2. The number of para-hydroxylation sites is 1. The van der Waals surface area contributed by atoms with Gasteiger partial charge in [0.1, 0.15) is 12.4 Å². The number of aromatic nitrogens is 3. The van der Waals surface area contributed by atoms with E-state index in [1.165, 1.54) is 0 Å². The fourth-order valence-corrected chi connectivity index (χ4v) is 3.44. The molecule has 0 fully saturated rings. The molecule has 4 rings (SSSR count). The second-order valence-corrected chi connectivity index (χ2v) is 6.38. The normalized spacial score (nSPS) is 14.6. The average molecular weight is 401 g/mol. The summed E-state index contributed by atoms with van der Waals surface area (Å²) in [6.45, 7) is 0.369. The Balaban J connectivity index is 1.99. The summed E-state index contributed by atoms with van der Waals surface area (Å²) in [5.41, 5.74) is 3.14. The number of rotatable bonds is 4. The first-order valence-electron chi connectivity index (χ1n) is 7.47. The van der Waals surface area contributed by atoms with E-state index >= 15 is 0 Å². The highest BCUT2D eigenvalue weighted by atomic mass is 79.9. The maximum atomic E-state index is 12.3. The summed E-state index contributed by atoms with van der Waals surface area (Å²) < 4.78 is 7.11. The number of nitrogens with one attached hydrogen (secondary N) is 2. The number of imidazole rings is 1. The molecular formula is C17H13BrN4O3. The van der Waals surface area contributed by atoms with Crippen molar-refractivity contribution in [1.82, 2.24) is 19.9 Å². The van der Waals surface area contributed by atoms with E-state index in [4.69, 9.17) is 4.74 Å². The first-order valence-corrected chi connectivity index (χ1v) is 8.27. The summed E-state index contributed by atoms with van der Waals surface area (Å²) in [4.78, 5) is 31.9. The predicted octanol–water partition coefficient (Wildman–Crippen LogP) is 2.40. The minimum absolute atomic E-state index is 0.222. The number of aromatic amines is 1. The molecule has 0 atom stereocenters. The topological polar surface area (TPSA) is 89.0 Å².